The monoisotopic (exact) mass is 330 g/mol. The van der Waals surface area contributed by atoms with Gasteiger partial charge < -0.3 is 9.32 Å². The van der Waals surface area contributed by atoms with E-state index in [-0.39, 0.29) is 12.3 Å². The molecule has 0 aliphatic heterocycles. The van der Waals surface area contributed by atoms with Crippen LogP contribution in [-0.2, 0) is 11.3 Å². The number of hydrogen-bond donors (Lipinski definition) is 0. The van der Waals surface area contributed by atoms with Crippen molar-refractivity contribution in [3.05, 3.63) is 46.3 Å². The second-order valence-corrected chi connectivity index (χ2v) is 5.58. The topological polar surface area (TPSA) is 46.3 Å². The van der Waals surface area contributed by atoms with E-state index in [0.717, 1.165) is 11.1 Å². The molecule has 0 saturated carbocycles. The van der Waals surface area contributed by atoms with Crippen molar-refractivity contribution in [2.75, 3.05) is 6.54 Å². The lowest BCUT2D eigenvalue weighted by atomic mass is 10.3. The number of furan rings is 1. The molecule has 0 N–H and O–H groups in total. The van der Waals surface area contributed by atoms with Crippen LogP contribution in [0, 0.1) is 6.92 Å². The Balaban J connectivity index is 2.09. The molecule has 0 aliphatic rings. The van der Waals surface area contributed by atoms with E-state index in [1.54, 1.807) is 18.4 Å². The molecular formula is C14H13F3N2O2S. The predicted octanol–water partition coefficient (Wildman–Crippen LogP) is 3.65. The van der Waals surface area contributed by atoms with Crippen LogP contribution in [0.15, 0.2) is 34.3 Å². The molecule has 0 aromatic carbocycles. The van der Waals surface area contributed by atoms with Gasteiger partial charge in [0.15, 0.2) is 0 Å². The van der Waals surface area contributed by atoms with Gasteiger partial charge in [-0.15, -0.1) is 11.3 Å². The van der Waals surface area contributed by atoms with Gasteiger partial charge in [0.25, 0.3) is 0 Å². The second kappa shape index (κ2) is 6.78. The van der Waals surface area contributed by atoms with Crippen molar-refractivity contribution >= 4 is 23.3 Å². The highest BCUT2D eigenvalue weighted by molar-refractivity contribution is 7.09. The fourth-order valence-corrected chi connectivity index (χ4v) is 2.32. The van der Waals surface area contributed by atoms with Gasteiger partial charge in [0, 0.05) is 11.5 Å². The van der Waals surface area contributed by atoms with Crippen LogP contribution < -0.4 is 0 Å². The maximum atomic E-state index is 12.6. The molecule has 4 nitrogen and oxygen atoms in total. The number of aryl methyl sites for hydroxylation is 1. The number of rotatable bonds is 5. The first-order valence-corrected chi connectivity index (χ1v) is 7.20. The Hall–Kier alpha value is -2.09. The van der Waals surface area contributed by atoms with Gasteiger partial charge in [-0.25, -0.2) is 4.98 Å². The Labute approximate surface area is 128 Å². The Morgan fingerprint density at radius 1 is 1.50 bits per heavy atom. The van der Waals surface area contributed by atoms with Gasteiger partial charge in [-0.1, -0.05) is 0 Å². The van der Waals surface area contributed by atoms with E-state index in [2.05, 4.69) is 4.98 Å². The summed E-state index contributed by atoms with van der Waals surface area (Å²) in [6, 6.07) is 3.07. The van der Waals surface area contributed by atoms with Gasteiger partial charge in [-0.05, 0) is 25.1 Å². The molecule has 0 atom stereocenters. The van der Waals surface area contributed by atoms with Gasteiger partial charge >= 0.3 is 6.18 Å². The number of alkyl halides is 3. The van der Waals surface area contributed by atoms with E-state index in [1.165, 1.54) is 29.7 Å². The third-order valence-electron chi connectivity index (χ3n) is 2.64. The van der Waals surface area contributed by atoms with Crippen LogP contribution >= 0.6 is 11.3 Å². The lowest BCUT2D eigenvalue weighted by Gasteiger charge is -2.21. The maximum Gasteiger partial charge on any atom is 0.406 e. The molecule has 0 bridgehead atoms. The first-order valence-electron chi connectivity index (χ1n) is 6.32. The minimum atomic E-state index is -4.48. The Bertz CT molecular complexity index is 647. The van der Waals surface area contributed by atoms with Crippen LogP contribution in [0.25, 0.3) is 6.08 Å². The van der Waals surface area contributed by atoms with Crippen molar-refractivity contribution in [3.8, 4) is 0 Å². The molecule has 118 valence electrons. The number of halogens is 3. The van der Waals surface area contributed by atoms with Gasteiger partial charge in [0.2, 0.25) is 5.91 Å². The Kier molecular flexibility index (Phi) is 5.02. The van der Waals surface area contributed by atoms with Crippen LogP contribution in [0.1, 0.15) is 16.5 Å². The summed E-state index contributed by atoms with van der Waals surface area (Å²) in [5, 5.41) is 2.54. The molecule has 2 aromatic heterocycles. The summed E-state index contributed by atoms with van der Waals surface area (Å²) >= 11 is 1.40. The van der Waals surface area contributed by atoms with Crippen LogP contribution in [0.5, 0.6) is 0 Å². The highest BCUT2D eigenvalue weighted by atomic mass is 32.1. The van der Waals surface area contributed by atoms with Crippen LogP contribution in [0.3, 0.4) is 0 Å². The first-order chi connectivity index (χ1) is 10.3. The molecule has 0 saturated heterocycles. The van der Waals surface area contributed by atoms with Crippen LogP contribution in [0.4, 0.5) is 13.2 Å². The normalized spacial score (nSPS) is 12.0. The van der Waals surface area contributed by atoms with E-state index in [1.807, 2.05) is 0 Å². The van der Waals surface area contributed by atoms with Gasteiger partial charge in [-0.3, -0.25) is 4.79 Å². The predicted molar refractivity (Wildman–Crippen MR) is 76.1 cm³/mol. The zero-order valence-corrected chi connectivity index (χ0v) is 12.4. The van der Waals surface area contributed by atoms with Crippen molar-refractivity contribution in [3.63, 3.8) is 0 Å². The van der Waals surface area contributed by atoms with Crippen LogP contribution in [0.2, 0.25) is 0 Å². The number of aromatic nitrogens is 1. The fraction of sp³-hybridized carbons (Fsp3) is 0.286. The third-order valence-corrected chi connectivity index (χ3v) is 3.43. The lowest BCUT2D eigenvalue weighted by molar-refractivity contribution is -0.159. The first kappa shape index (κ1) is 16.3. The molecule has 0 unspecified atom stereocenters. The second-order valence-electron chi connectivity index (χ2n) is 4.51. The largest absolute Gasteiger partial charge is 0.467 e. The molecule has 0 fully saturated rings. The van der Waals surface area contributed by atoms with Crippen molar-refractivity contribution in [1.29, 1.82) is 0 Å². The van der Waals surface area contributed by atoms with E-state index in [9.17, 15) is 18.0 Å². The molecule has 2 rings (SSSR count). The lowest BCUT2D eigenvalue weighted by Crippen LogP contribution is -2.37. The van der Waals surface area contributed by atoms with E-state index >= 15 is 0 Å². The fourth-order valence-electron chi connectivity index (χ4n) is 1.74. The van der Waals surface area contributed by atoms with E-state index in [4.69, 9.17) is 4.42 Å². The average Bonchev–Trinajstić information content (AvgIpc) is 3.05. The zero-order valence-electron chi connectivity index (χ0n) is 11.6. The van der Waals surface area contributed by atoms with Crippen molar-refractivity contribution < 1.29 is 22.4 Å². The minimum Gasteiger partial charge on any atom is -0.467 e. The van der Waals surface area contributed by atoms with Gasteiger partial charge in [0.05, 0.1) is 23.5 Å². The smallest absolute Gasteiger partial charge is 0.406 e. The molecule has 0 radical (unpaired) electrons. The molecule has 0 aliphatic carbocycles. The van der Waals surface area contributed by atoms with Crippen molar-refractivity contribution in [2.45, 2.75) is 19.6 Å². The molecule has 1 amide bonds. The summed E-state index contributed by atoms with van der Waals surface area (Å²) in [4.78, 5) is 16.8. The van der Waals surface area contributed by atoms with Crippen LogP contribution in [-0.4, -0.2) is 28.5 Å². The number of carbonyl (C=O) groups is 1. The van der Waals surface area contributed by atoms with E-state index in [0.29, 0.717) is 10.6 Å². The molecule has 8 heteroatoms. The number of hydrogen-bond acceptors (Lipinski definition) is 4. The molecule has 2 heterocycles. The number of carbonyl (C=O) groups excluding carboxylic acids is 1. The number of thiazole rings is 1. The maximum absolute atomic E-state index is 12.6. The Morgan fingerprint density at radius 2 is 2.27 bits per heavy atom. The van der Waals surface area contributed by atoms with Gasteiger partial charge in [-0.2, -0.15) is 13.2 Å². The summed E-state index contributed by atoms with van der Waals surface area (Å²) in [7, 11) is 0. The zero-order chi connectivity index (χ0) is 16.2. The summed E-state index contributed by atoms with van der Waals surface area (Å²) in [5.41, 5.74) is 0.542. The molecule has 22 heavy (non-hydrogen) atoms. The highest BCUT2D eigenvalue weighted by Gasteiger charge is 2.32. The minimum absolute atomic E-state index is 0.244. The quantitative estimate of drug-likeness (QED) is 0.786. The SMILES string of the molecule is Cc1nc(/C=C/C(=O)N(Cc2ccco2)CC(F)(F)F)cs1. The molecule has 2 aromatic rings. The van der Waals surface area contributed by atoms with Crippen molar-refractivity contribution in [1.82, 2.24) is 9.88 Å². The number of nitrogens with zero attached hydrogens (tertiary/aromatic N) is 2. The third kappa shape index (κ3) is 5.03. The van der Waals surface area contributed by atoms with Crippen molar-refractivity contribution in [2.24, 2.45) is 0 Å². The summed E-state index contributed by atoms with van der Waals surface area (Å²) in [6.45, 7) is 0.218. The average molecular weight is 330 g/mol. The highest BCUT2D eigenvalue weighted by Crippen LogP contribution is 2.19. The van der Waals surface area contributed by atoms with Gasteiger partial charge in [0.1, 0.15) is 12.3 Å². The standard InChI is InChI=1S/C14H13F3N2O2S/c1-10-18-11(8-22-10)4-5-13(20)19(9-14(15,16)17)7-12-3-2-6-21-12/h2-6,8H,7,9H2,1H3/b5-4+. The molecular weight excluding hydrogens is 317 g/mol. The summed E-state index contributed by atoms with van der Waals surface area (Å²) in [5.74, 6) is -0.463. The summed E-state index contributed by atoms with van der Waals surface area (Å²) < 4.78 is 42.8. The van der Waals surface area contributed by atoms with E-state index < -0.39 is 18.6 Å². The Morgan fingerprint density at radius 3 is 2.82 bits per heavy atom. The number of amides is 1. The molecule has 0 spiro atoms. The summed E-state index contributed by atoms with van der Waals surface area (Å²) in [6.07, 6.45) is -0.646.